The summed E-state index contributed by atoms with van der Waals surface area (Å²) in [5.74, 6) is 0.166. The molecular weight excluding hydrogens is 311 g/mol. The van der Waals surface area contributed by atoms with E-state index in [9.17, 15) is 9.18 Å². The normalized spacial score (nSPS) is 10.4. The second-order valence-corrected chi connectivity index (χ2v) is 5.00. The monoisotopic (exact) mass is 326 g/mol. The van der Waals surface area contributed by atoms with Crippen LogP contribution in [0, 0.1) is 5.82 Å². The van der Waals surface area contributed by atoms with Gasteiger partial charge in [0.1, 0.15) is 17.3 Å². The number of halogens is 1. The van der Waals surface area contributed by atoms with Crippen LogP contribution in [0.25, 0.3) is 11.3 Å². The summed E-state index contributed by atoms with van der Waals surface area (Å²) in [6, 6.07) is 14.3. The second kappa shape index (κ2) is 6.95. The lowest BCUT2D eigenvalue weighted by Gasteiger charge is -2.05. The molecule has 0 fully saturated rings. The molecule has 5 nitrogen and oxygen atoms in total. The molecule has 24 heavy (non-hydrogen) atoms. The van der Waals surface area contributed by atoms with E-state index in [1.54, 1.807) is 42.5 Å². The smallest absolute Gasteiger partial charge is 0.258 e. The maximum absolute atomic E-state index is 12.9. The zero-order valence-electron chi connectivity index (χ0n) is 13.0. The van der Waals surface area contributed by atoms with Crippen molar-refractivity contribution in [3.8, 4) is 17.0 Å². The number of amides is 1. The van der Waals surface area contributed by atoms with Gasteiger partial charge in [-0.25, -0.2) is 4.39 Å². The first-order chi connectivity index (χ1) is 11.7. The molecule has 1 N–H and O–H groups in total. The highest BCUT2D eigenvalue weighted by Crippen LogP contribution is 2.22. The fraction of sp³-hybridized carbons (Fsp3) is 0.111. The van der Waals surface area contributed by atoms with Crippen LogP contribution < -0.4 is 10.1 Å². The number of anilines is 1. The lowest BCUT2D eigenvalue weighted by atomic mass is 10.1. The molecule has 0 atom stereocenters. The molecule has 2 aromatic carbocycles. The molecule has 3 aromatic rings. The number of ether oxygens (including phenoxy) is 1. The number of benzene rings is 2. The highest BCUT2D eigenvalue weighted by Gasteiger charge is 2.12. The standard InChI is InChI=1S/C18H15FN2O3/c1-2-23-15-5-3-4-13(10-15)18(22)20-17-11-16(21-24-17)12-6-8-14(19)9-7-12/h3-11H,2H2,1H3,(H,20,22). The Kier molecular flexibility index (Phi) is 4.56. The molecule has 6 heteroatoms. The molecule has 0 bridgehead atoms. The van der Waals surface area contributed by atoms with E-state index in [1.165, 1.54) is 12.1 Å². The Morgan fingerprint density at radius 1 is 1.21 bits per heavy atom. The summed E-state index contributed by atoms with van der Waals surface area (Å²) in [7, 11) is 0. The van der Waals surface area contributed by atoms with Gasteiger partial charge in [-0.3, -0.25) is 10.1 Å². The number of nitrogens with zero attached hydrogens (tertiary/aromatic N) is 1. The molecule has 0 aliphatic heterocycles. The number of nitrogens with one attached hydrogen (secondary N) is 1. The summed E-state index contributed by atoms with van der Waals surface area (Å²) in [6.45, 7) is 2.40. The number of carbonyl (C=O) groups excluding carboxylic acids is 1. The third-order valence-corrected chi connectivity index (χ3v) is 3.29. The zero-order chi connectivity index (χ0) is 16.9. The van der Waals surface area contributed by atoms with E-state index in [4.69, 9.17) is 9.26 Å². The fourth-order valence-electron chi connectivity index (χ4n) is 2.17. The van der Waals surface area contributed by atoms with Crippen LogP contribution in [0.1, 0.15) is 17.3 Å². The molecule has 0 spiro atoms. The van der Waals surface area contributed by atoms with Gasteiger partial charge in [0.05, 0.1) is 6.61 Å². The van der Waals surface area contributed by atoms with Crippen LogP contribution in [0.15, 0.2) is 59.1 Å². The minimum Gasteiger partial charge on any atom is -0.494 e. The minimum atomic E-state index is -0.335. The van der Waals surface area contributed by atoms with Crippen molar-refractivity contribution in [2.24, 2.45) is 0 Å². The Morgan fingerprint density at radius 2 is 2.00 bits per heavy atom. The lowest BCUT2D eigenvalue weighted by molar-refractivity contribution is 0.102. The SMILES string of the molecule is CCOc1cccc(C(=O)Nc2cc(-c3ccc(F)cc3)no2)c1. The van der Waals surface area contributed by atoms with Gasteiger partial charge in [0.2, 0.25) is 5.88 Å². The molecule has 122 valence electrons. The Hall–Kier alpha value is -3.15. The summed E-state index contributed by atoms with van der Waals surface area (Å²) >= 11 is 0. The summed E-state index contributed by atoms with van der Waals surface area (Å²) in [4.78, 5) is 12.3. The summed E-state index contributed by atoms with van der Waals surface area (Å²) in [5, 5.41) is 6.50. The van der Waals surface area contributed by atoms with E-state index in [0.717, 1.165) is 0 Å². The van der Waals surface area contributed by atoms with Crippen LogP contribution in [-0.2, 0) is 0 Å². The maximum Gasteiger partial charge on any atom is 0.258 e. The molecule has 1 amide bonds. The number of carbonyl (C=O) groups is 1. The Balaban J connectivity index is 1.73. The highest BCUT2D eigenvalue weighted by molar-refractivity contribution is 6.03. The first-order valence-corrected chi connectivity index (χ1v) is 7.42. The maximum atomic E-state index is 12.9. The third-order valence-electron chi connectivity index (χ3n) is 3.29. The van der Waals surface area contributed by atoms with Crippen LogP contribution in [0.2, 0.25) is 0 Å². The molecule has 0 saturated heterocycles. The Bertz CT molecular complexity index is 843. The topological polar surface area (TPSA) is 64.4 Å². The first-order valence-electron chi connectivity index (χ1n) is 7.42. The first kappa shape index (κ1) is 15.7. The van der Waals surface area contributed by atoms with Gasteiger partial charge in [-0.2, -0.15) is 0 Å². The average molecular weight is 326 g/mol. The van der Waals surface area contributed by atoms with Crippen LogP contribution in [0.3, 0.4) is 0 Å². The van der Waals surface area contributed by atoms with Gasteiger partial charge in [0, 0.05) is 17.2 Å². The zero-order valence-corrected chi connectivity index (χ0v) is 13.0. The van der Waals surface area contributed by atoms with Crippen molar-refractivity contribution in [1.82, 2.24) is 5.16 Å². The number of hydrogen-bond acceptors (Lipinski definition) is 4. The predicted molar refractivity (Wildman–Crippen MR) is 87.5 cm³/mol. The molecule has 0 saturated carbocycles. The third kappa shape index (κ3) is 3.60. The lowest BCUT2D eigenvalue weighted by Crippen LogP contribution is -2.11. The molecule has 0 unspecified atom stereocenters. The van der Waals surface area contributed by atoms with E-state index >= 15 is 0 Å². The number of hydrogen-bond donors (Lipinski definition) is 1. The van der Waals surface area contributed by atoms with Gasteiger partial charge < -0.3 is 9.26 Å². The number of aromatic nitrogens is 1. The van der Waals surface area contributed by atoms with E-state index in [0.29, 0.717) is 29.2 Å². The molecule has 1 heterocycles. The van der Waals surface area contributed by atoms with Crippen LogP contribution in [0.5, 0.6) is 5.75 Å². The van der Waals surface area contributed by atoms with Crippen molar-refractivity contribution < 1.29 is 18.4 Å². The van der Waals surface area contributed by atoms with Crippen LogP contribution in [-0.4, -0.2) is 17.7 Å². The largest absolute Gasteiger partial charge is 0.494 e. The highest BCUT2D eigenvalue weighted by atomic mass is 19.1. The quantitative estimate of drug-likeness (QED) is 0.765. The van der Waals surface area contributed by atoms with Crippen molar-refractivity contribution in [1.29, 1.82) is 0 Å². The second-order valence-electron chi connectivity index (χ2n) is 5.00. The summed E-state index contributed by atoms with van der Waals surface area (Å²) < 4.78 is 23.4. The van der Waals surface area contributed by atoms with Crippen LogP contribution >= 0.6 is 0 Å². The van der Waals surface area contributed by atoms with Gasteiger partial charge in [0.25, 0.3) is 5.91 Å². The predicted octanol–water partition coefficient (Wildman–Crippen LogP) is 4.13. The number of rotatable bonds is 5. The van der Waals surface area contributed by atoms with Gasteiger partial charge in [0.15, 0.2) is 0 Å². The molecular formula is C18H15FN2O3. The molecule has 0 radical (unpaired) electrons. The van der Waals surface area contributed by atoms with Crippen molar-refractivity contribution in [3.05, 3.63) is 66.0 Å². The molecule has 0 aliphatic carbocycles. The summed E-state index contributed by atoms with van der Waals surface area (Å²) in [6.07, 6.45) is 0. The van der Waals surface area contributed by atoms with Crippen LogP contribution in [0.4, 0.5) is 10.3 Å². The Labute approximate surface area is 138 Å². The van der Waals surface area contributed by atoms with Gasteiger partial charge in [-0.15, -0.1) is 0 Å². The Morgan fingerprint density at radius 3 is 2.75 bits per heavy atom. The van der Waals surface area contributed by atoms with Gasteiger partial charge >= 0.3 is 0 Å². The van der Waals surface area contributed by atoms with E-state index in [1.807, 2.05) is 6.92 Å². The van der Waals surface area contributed by atoms with Gasteiger partial charge in [-0.05, 0) is 49.4 Å². The minimum absolute atomic E-state index is 0.209. The average Bonchev–Trinajstić information content (AvgIpc) is 3.04. The van der Waals surface area contributed by atoms with Crippen molar-refractivity contribution in [3.63, 3.8) is 0 Å². The summed E-state index contributed by atoms with van der Waals surface area (Å²) in [5.41, 5.74) is 1.65. The fourth-order valence-corrected chi connectivity index (χ4v) is 2.17. The van der Waals surface area contributed by atoms with Gasteiger partial charge in [-0.1, -0.05) is 11.2 Å². The van der Waals surface area contributed by atoms with E-state index < -0.39 is 0 Å². The van der Waals surface area contributed by atoms with Crippen molar-refractivity contribution in [2.45, 2.75) is 6.92 Å². The van der Waals surface area contributed by atoms with E-state index in [-0.39, 0.29) is 17.6 Å². The van der Waals surface area contributed by atoms with Crippen molar-refractivity contribution in [2.75, 3.05) is 11.9 Å². The molecule has 1 aromatic heterocycles. The van der Waals surface area contributed by atoms with E-state index in [2.05, 4.69) is 10.5 Å². The van der Waals surface area contributed by atoms with Crippen molar-refractivity contribution >= 4 is 11.8 Å². The molecule has 3 rings (SSSR count). The molecule has 0 aliphatic rings.